The number of hydrogen-bond donors (Lipinski definition) is 1. The average Bonchev–Trinajstić information content (AvgIpc) is 3.51. The molecule has 2 fully saturated rings. The molecule has 1 saturated carbocycles. The van der Waals surface area contributed by atoms with Crippen molar-refractivity contribution in [3.05, 3.63) is 11.2 Å². The van der Waals surface area contributed by atoms with Crippen molar-refractivity contribution in [2.75, 3.05) is 43.4 Å². The molecule has 3 rings (SSSR count). The van der Waals surface area contributed by atoms with E-state index in [4.69, 9.17) is 11.6 Å². The molecule has 2 heterocycles. The SMILES string of the molecule is CCCCNC(=O)CSc1nc(Cl)cc(N2CCN(C(=O)C3CC3)CC2)n1. The Hall–Kier alpha value is -1.54. The fourth-order valence-electron chi connectivity index (χ4n) is 2.94. The van der Waals surface area contributed by atoms with Gasteiger partial charge in [0.25, 0.3) is 0 Å². The van der Waals surface area contributed by atoms with Crippen LogP contribution in [0.3, 0.4) is 0 Å². The summed E-state index contributed by atoms with van der Waals surface area (Å²) in [5, 5.41) is 3.75. The molecule has 1 aromatic heterocycles. The summed E-state index contributed by atoms with van der Waals surface area (Å²) in [6.07, 6.45) is 4.09. The highest BCUT2D eigenvalue weighted by atomic mass is 35.5. The first-order chi connectivity index (χ1) is 13.1. The van der Waals surface area contributed by atoms with E-state index < -0.39 is 0 Å². The van der Waals surface area contributed by atoms with E-state index in [1.807, 2.05) is 4.90 Å². The van der Waals surface area contributed by atoms with Crippen LogP contribution in [0.4, 0.5) is 5.82 Å². The molecule has 1 aliphatic heterocycles. The minimum atomic E-state index is -0.0224. The number of anilines is 1. The van der Waals surface area contributed by atoms with Crippen molar-refractivity contribution in [2.45, 2.75) is 37.8 Å². The lowest BCUT2D eigenvalue weighted by Crippen LogP contribution is -2.49. The number of carbonyl (C=O) groups is 2. The van der Waals surface area contributed by atoms with Crippen molar-refractivity contribution in [3.8, 4) is 0 Å². The molecule has 1 saturated heterocycles. The molecule has 7 nitrogen and oxygen atoms in total. The number of nitrogens with zero attached hydrogens (tertiary/aromatic N) is 4. The molecular weight excluding hydrogens is 386 g/mol. The standard InChI is InChI=1S/C18H26ClN5O2S/c1-2-3-6-20-16(25)12-27-18-21-14(19)11-15(22-18)23-7-9-24(10-8-23)17(26)13-4-5-13/h11,13H,2-10,12H2,1H3,(H,20,25). The molecule has 0 bridgehead atoms. The van der Waals surface area contributed by atoms with Gasteiger partial charge in [-0.3, -0.25) is 9.59 Å². The number of halogens is 1. The van der Waals surface area contributed by atoms with Gasteiger partial charge in [0.15, 0.2) is 5.16 Å². The zero-order valence-electron chi connectivity index (χ0n) is 15.6. The molecule has 2 aliphatic rings. The van der Waals surface area contributed by atoms with Crippen LogP contribution in [-0.2, 0) is 9.59 Å². The second kappa shape index (κ2) is 9.59. The third-order valence-corrected chi connectivity index (χ3v) is 5.73. The highest BCUT2D eigenvalue weighted by molar-refractivity contribution is 7.99. The van der Waals surface area contributed by atoms with E-state index in [0.29, 0.717) is 35.9 Å². The van der Waals surface area contributed by atoms with Gasteiger partial charge in [0.05, 0.1) is 5.75 Å². The Bertz CT molecular complexity index is 678. The van der Waals surface area contributed by atoms with Crippen molar-refractivity contribution in [3.63, 3.8) is 0 Å². The molecule has 1 aromatic rings. The van der Waals surface area contributed by atoms with E-state index in [9.17, 15) is 9.59 Å². The fraction of sp³-hybridized carbons (Fsp3) is 0.667. The molecule has 0 atom stereocenters. The van der Waals surface area contributed by atoms with Crippen LogP contribution >= 0.6 is 23.4 Å². The Morgan fingerprint density at radius 3 is 2.67 bits per heavy atom. The number of thioether (sulfide) groups is 1. The quantitative estimate of drug-likeness (QED) is 0.306. The number of nitrogens with one attached hydrogen (secondary N) is 1. The van der Waals surface area contributed by atoms with Gasteiger partial charge in [0, 0.05) is 44.7 Å². The molecule has 0 radical (unpaired) electrons. The number of amides is 2. The van der Waals surface area contributed by atoms with Gasteiger partial charge in [-0.2, -0.15) is 0 Å². The third kappa shape index (κ3) is 5.97. The maximum atomic E-state index is 12.2. The molecule has 0 aromatic carbocycles. The predicted octanol–water partition coefficient (Wildman–Crippen LogP) is 2.20. The summed E-state index contributed by atoms with van der Waals surface area (Å²) >= 11 is 7.45. The summed E-state index contributed by atoms with van der Waals surface area (Å²) in [4.78, 5) is 36.9. The molecule has 9 heteroatoms. The van der Waals surface area contributed by atoms with Crippen LogP contribution in [0.1, 0.15) is 32.6 Å². The Morgan fingerprint density at radius 2 is 2.00 bits per heavy atom. The van der Waals surface area contributed by atoms with Crippen molar-refractivity contribution in [1.82, 2.24) is 20.2 Å². The zero-order chi connectivity index (χ0) is 19.2. The molecule has 27 heavy (non-hydrogen) atoms. The Kier molecular flexibility index (Phi) is 7.18. The van der Waals surface area contributed by atoms with E-state index in [2.05, 4.69) is 27.1 Å². The fourth-order valence-corrected chi connectivity index (χ4v) is 3.85. The van der Waals surface area contributed by atoms with Crippen LogP contribution in [0.2, 0.25) is 5.15 Å². The van der Waals surface area contributed by atoms with Crippen molar-refractivity contribution < 1.29 is 9.59 Å². The largest absolute Gasteiger partial charge is 0.355 e. The smallest absolute Gasteiger partial charge is 0.230 e. The number of rotatable bonds is 8. The number of unbranched alkanes of at least 4 members (excludes halogenated alkanes) is 1. The van der Waals surface area contributed by atoms with Gasteiger partial charge < -0.3 is 15.1 Å². The average molecular weight is 412 g/mol. The zero-order valence-corrected chi connectivity index (χ0v) is 17.2. The van der Waals surface area contributed by atoms with Crippen molar-refractivity contribution in [1.29, 1.82) is 0 Å². The van der Waals surface area contributed by atoms with E-state index in [-0.39, 0.29) is 17.6 Å². The van der Waals surface area contributed by atoms with Crippen LogP contribution in [0.15, 0.2) is 11.2 Å². The van der Waals surface area contributed by atoms with E-state index in [1.165, 1.54) is 11.8 Å². The highest BCUT2D eigenvalue weighted by Gasteiger charge is 2.34. The predicted molar refractivity (Wildman–Crippen MR) is 107 cm³/mol. The Morgan fingerprint density at radius 1 is 1.26 bits per heavy atom. The van der Waals surface area contributed by atoms with Crippen molar-refractivity contribution >= 4 is 41.0 Å². The molecule has 148 valence electrons. The second-order valence-corrected chi connectivity index (χ2v) is 8.24. The van der Waals surface area contributed by atoms with Crippen LogP contribution in [0, 0.1) is 5.92 Å². The summed E-state index contributed by atoms with van der Waals surface area (Å²) in [5.74, 6) is 1.55. The number of aromatic nitrogens is 2. The van der Waals surface area contributed by atoms with E-state index in [1.54, 1.807) is 6.07 Å². The summed E-state index contributed by atoms with van der Waals surface area (Å²) in [7, 11) is 0. The van der Waals surface area contributed by atoms with Gasteiger partial charge in [-0.1, -0.05) is 36.7 Å². The van der Waals surface area contributed by atoms with Crippen LogP contribution in [0.25, 0.3) is 0 Å². The van der Waals surface area contributed by atoms with Crippen LogP contribution < -0.4 is 10.2 Å². The minimum absolute atomic E-state index is 0.0224. The normalized spacial score (nSPS) is 17.1. The first-order valence-corrected chi connectivity index (χ1v) is 10.9. The molecule has 0 spiro atoms. The number of piperazine rings is 1. The van der Waals surface area contributed by atoms with Crippen molar-refractivity contribution in [2.24, 2.45) is 5.92 Å². The maximum Gasteiger partial charge on any atom is 0.230 e. The topological polar surface area (TPSA) is 78.4 Å². The molecular formula is C18H26ClN5O2S. The molecule has 1 aliphatic carbocycles. The van der Waals surface area contributed by atoms with Gasteiger partial charge in [-0.05, 0) is 19.3 Å². The number of carbonyl (C=O) groups excluding carboxylic acids is 2. The number of hydrogen-bond acceptors (Lipinski definition) is 6. The molecule has 2 amide bonds. The van der Waals surface area contributed by atoms with E-state index >= 15 is 0 Å². The lowest BCUT2D eigenvalue weighted by Gasteiger charge is -2.35. The first-order valence-electron chi connectivity index (χ1n) is 9.54. The van der Waals surface area contributed by atoms with Gasteiger partial charge in [-0.25, -0.2) is 9.97 Å². The van der Waals surface area contributed by atoms with Crippen LogP contribution in [0.5, 0.6) is 0 Å². The van der Waals surface area contributed by atoms with Gasteiger partial charge >= 0.3 is 0 Å². The molecule has 1 N–H and O–H groups in total. The van der Waals surface area contributed by atoms with E-state index in [0.717, 1.165) is 44.6 Å². The monoisotopic (exact) mass is 411 g/mol. The minimum Gasteiger partial charge on any atom is -0.355 e. The van der Waals surface area contributed by atoms with Gasteiger partial charge in [0.2, 0.25) is 11.8 Å². The van der Waals surface area contributed by atoms with Crippen LogP contribution in [-0.4, -0.2) is 65.2 Å². The van der Waals surface area contributed by atoms with Gasteiger partial charge in [-0.15, -0.1) is 0 Å². The summed E-state index contributed by atoms with van der Waals surface area (Å²) in [5.41, 5.74) is 0. The highest BCUT2D eigenvalue weighted by Crippen LogP contribution is 2.31. The summed E-state index contributed by atoms with van der Waals surface area (Å²) in [6, 6.07) is 1.74. The second-order valence-electron chi connectivity index (χ2n) is 6.91. The first kappa shape index (κ1) is 20.2. The Labute approximate surface area is 169 Å². The Balaban J connectivity index is 1.52. The van der Waals surface area contributed by atoms with Gasteiger partial charge in [0.1, 0.15) is 11.0 Å². The third-order valence-electron chi connectivity index (χ3n) is 4.69. The summed E-state index contributed by atoms with van der Waals surface area (Å²) in [6.45, 7) is 5.66. The summed E-state index contributed by atoms with van der Waals surface area (Å²) < 4.78 is 0. The molecule has 0 unspecified atom stereocenters. The lowest BCUT2D eigenvalue weighted by atomic mass is 10.2. The maximum absolute atomic E-state index is 12.2. The lowest BCUT2D eigenvalue weighted by molar-refractivity contribution is -0.132.